The molecule has 0 aromatic carbocycles. The van der Waals surface area contributed by atoms with E-state index in [4.69, 9.17) is 29.7 Å². The number of carbonyl (C=O) groups excluding carboxylic acids is 7. The summed E-state index contributed by atoms with van der Waals surface area (Å²) in [6.07, 6.45) is 10.6. The molecule has 0 bridgehead atoms. The predicted octanol–water partition coefficient (Wildman–Crippen LogP) is 1.94. The molecule has 0 aliphatic carbocycles. The van der Waals surface area contributed by atoms with Gasteiger partial charge in [0.1, 0.15) is 18.7 Å². The van der Waals surface area contributed by atoms with E-state index in [9.17, 15) is 48.0 Å². The molecule has 2 heterocycles. The normalized spacial score (nSPS) is 16.4. The van der Waals surface area contributed by atoms with Gasteiger partial charge in [-0.15, -0.1) is 0 Å². The fourth-order valence-electron chi connectivity index (χ4n) is 6.52. The monoisotopic (exact) mass is 916 g/mol. The number of esters is 3. The number of carboxylic acid groups (broad SMARTS) is 1. The van der Waals surface area contributed by atoms with Gasteiger partial charge in [-0.2, -0.15) is 0 Å². The Hall–Kier alpha value is -4.76. The van der Waals surface area contributed by atoms with Gasteiger partial charge in [-0.05, 0) is 32.2 Å². The van der Waals surface area contributed by atoms with E-state index in [-0.39, 0.29) is 19.3 Å². The first kappa shape index (κ1) is 54.4. The number of phosphoric acid groups is 1. The molecular weight excluding hydrogens is 851 g/mol. The van der Waals surface area contributed by atoms with Crippen LogP contribution in [-0.4, -0.2) is 122 Å². The molecule has 0 saturated carbocycles. The predicted molar refractivity (Wildman–Crippen MR) is 222 cm³/mol. The number of aromatic nitrogens is 2. The number of hydrogen-bond acceptors (Lipinski definition) is 15. The van der Waals surface area contributed by atoms with Crippen molar-refractivity contribution in [3.63, 3.8) is 0 Å². The fourth-order valence-corrected chi connectivity index (χ4v) is 6.99. The van der Waals surface area contributed by atoms with Gasteiger partial charge in [0.25, 0.3) is 0 Å². The molecule has 9 N–H and O–H groups in total. The van der Waals surface area contributed by atoms with Gasteiger partial charge < -0.3 is 55.8 Å². The minimum absolute atomic E-state index is 0.0834. The molecule has 1 saturated heterocycles. The summed E-state index contributed by atoms with van der Waals surface area (Å²) in [4.78, 5) is 126. The van der Waals surface area contributed by atoms with Crippen molar-refractivity contribution in [3.05, 3.63) is 18.2 Å². The second-order valence-electron chi connectivity index (χ2n) is 15.3. The third-order valence-electron chi connectivity index (χ3n) is 9.95. The number of cyclic esters (lactones) is 1. The van der Waals surface area contributed by atoms with Crippen LogP contribution in [0.2, 0.25) is 0 Å². The van der Waals surface area contributed by atoms with Crippen LogP contribution in [0.15, 0.2) is 12.5 Å². The Balaban J connectivity index is 1.88. The first-order chi connectivity index (χ1) is 30.0. The summed E-state index contributed by atoms with van der Waals surface area (Å²) in [5.74, 6) is -8.24. The number of phosphoric ester groups is 1. The van der Waals surface area contributed by atoms with Crippen LogP contribution < -0.4 is 21.7 Å². The minimum atomic E-state index is -5.33. The van der Waals surface area contributed by atoms with E-state index in [1.54, 1.807) is 0 Å². The zero-order chi connectivity index (χ0) is 46.6. The number of Topliss-reactive ketones (excluding diaryl/α,β-unsaturated/α-hetero) is 1. The summed E-state index contributed by atoms with van der Waals surface area (Å²) in [5, 5.41) is 16.7. The van der Waals surface area contributed by atoms with E-state index in [1.807, 2.05) is 0 Å². The molecule has 22 nitrogen and oxygen atoms in total. The highest BCUT2D eigenvalue weighted by Crippen LogP contribution is 2.40. The van der Waals surface area contributed by atoms with Crippen molar-refractivity contribution in [1.29, 1.82) is 0 Å². The molecule has 1 aliphatic heterocycles. The van der Waals surface area contributed by atoms with E-state index in [1.165, 1.54) is 57.5 Å². The number of ether oxygens (including phenoxy) is 3. The van der Waals surface area contributed by atoms with Crippen molar-refractivity contribution in [2.75, 3.05) is 19.7 Å². The molecule has 1 fully saturated rings. The summed E-state index contributed by atoms with van der Waals surface area (Å²) in [5.41, 5.74) is 5.92. The van der Waals surface area contributed by atoms with Crippen LogP contribution in [0.4, 0.5) is 0 Å². The second-order valence-corrected chi connectivity index (χ2v) is 16.5. The van der Waals surface area contributed by atoms with Gasteiger partial charge >= 0.3 is 31.7 Å². The van der Waals surface area contributed by atoms with Gasteiger partial charge in [-0.25, -0.2) is 19.1 Å². The lowest BCUT2D eigenvalue weighted by Crippen LogP contribution is -2.54. The number of H-pyrrole nitrogens is 1. The number of nitrogens with two attached hydrogens (primary N) is 1. The van der Waals surface area contributed by atoms with E-state index in [0.29, 0.717) is 31.5 Å². The summed E-state index contributed by atoms with van der Waals surface area (Å²) in [7, 11) is -5.33. The van der Waals surface area contributed by atoms with Crippen LogP contribution in [0.25, 0.3) is 0 Å². The van der Waals surface area contributed by atoms with Gasteiger partial charge in [0, 0.05) is 31.2 Å². The maximum atomic E-state index is 13.1. The SMILES string of the molecule is CCCCCCCCCCCCCCCC(=O)OC(COC(=O)CCC(=O)NCC(=O)N[C@@H](Cc1cnc[nH]1)C(=O)N[C@@H](CCCCN)C(=O)O)C1OC(=O)C(OP(=O)(O)O)C1=O. The summed E-state index contributed by atoms with van der Waals surface area (Å²) in [6.45, 7) is 1.06. The third kappa shape index (κ3) is 23.5. The molecule has 3 amide bonds. The second kappa shape index (κ2) is 30.3. The number of amides is 3. The smallest absolute Gasteiger partial charge is 0.470 e. The standard InChI is InChI=1S/C40H65N6O16P/c1-2-3-4-5-6-7-8-9-10-11-12-13-14-18-34(50)60-30(36-35(51)37(40(55)61-36)62-63(56,57)58)25-59-33(49)20-19-31(47)43-24-32(48)45-29(22-27-23-42-26-44-27)38(52)46-28(39(53)54)17-15-16-21-41/h23,26,28-30,36-37H,2-22,24-25,41H2,1H3,(H,42,44)(H,43,47)(H,45,48)(H,46,52)(H,53,54)(H2,56,57,58)/t28-,29-,30?,36?,37?/m0/s1. The van der Waals surface area contributed by atoms with Gasteiger partial charge in [0.2, 0.25) is 35.7 Å². The van der Waals surface area contributed by atoms with Crippen molar-refractivity contribution in [1.82, 2.24) is 25.9 Å². The van der Waals surface area contributed by atoms with Gasteiger partial charge in [-0.1, -0.05) is 84.0 Å². The Labute approximate surface area is 366 Å². The fraction of sp³-hybridized carbons (Fsp3) is 0.725. The molecule has 23 heteroatoms. The molecule has 2 rings (SSSR count). The number of nitrogens with one attached hydrogen (secondary N) is 4. The van der Waals surface area contributed by atoms with Crippen LogP contribution in [-0.2, 0) is 68.1 Å². The van der Waals surface area contributed by atoms with Gasteiger partial charge in [-0.3, -0.25) is 33.3 Å². The quantitative estimate of drug-likeness (QED) is 0.0159. The Morgan fingerprint density at radius 2 is 1.48 bits per heavy atom. The average Bonchev–Trinajstić information content (AvgIpc) is 3.84. The molecule has 3 unspecified atom stereocenters. The maximum absolute atomic E-state index is 13.1. The molecule has 1 aromatic rings. The number of aliphatic carboxylic acids is 1. The lowest BCUT2D eigenvalue weighted by molar-refractivity contribution is -0.172. The Morgan fingerprint density at radius 1 is 0.841 bits per heavy atom. The highest BCUT2D eigenvalue weighted by atomic mass is 31.2. The van der Waals surface area contributed by atoms with Crippen molar-refractivity contribution < 1.29 is 76.5 Å². The minimum Gasteiger partial charge on any atom is -0.480 e. The maximum Gasteiger partial charge on any atom is 0.470 e. The molecule has 0 radical (unpaired) electrons. The third-order valence-corrected chi connectivity index (χ3v) is 10.4. The lowest BCUT2D eigenvalue weighted by atomic mass is 10.0. The Bertz CT molecular complexity index is 1660. The summed E-state index contributed by atoms with van der Waals surface area (Å²) >= 11 is 0. The Morgan fingerprint density at radius 3 is 2.05 bits per heavy atom. The topological polar surface area (TPSA) is 342 Å². The molecular formula is C40H65N6O16P. The van der Waals surface area contributed by atoms with Crippen LogP contribution in [0.1, 0.15) is 135 Å². The van der Waals surface area contributed by atoms with E-state index in [2.05, 4.69) is 37.4 Å². The number of aromatic amines is 1. The first-order valence-corrected chi connectivity index (χ1v) is 23.2. The lowest BCUT2D eigenvalue weighted by Gasteiger charge is -2.22. The number of imidazole rings is 1. The number of rotatable bonds is 35. The zero-order valence-corrected chi connectivity index (χ0v) is 36.8. The van der Waals surface area contributed by atoms with Crippen LogP contribution in [0, 0.1) is 0 Å². The number of carboxylic acids is 1. The number of nitrogens with zero attached hydrogens (tertiary/aromatic N) is 1. The van der Waals surface area contributed by atoms with E-state index < -0.39 is 112 Å². The number of hydrogen-bond donors (Lipinski definition) is 8. The molecule has 356 valence electrons. The number of ketones is 1. The van der Waals surface area contributed by atoms with Crippen molar-refractivity contribution in [3.8, 4) is 0 Å². The highest BCUT2D eigenvalue weighted by molar-refractivity contribution is 7.46. The molecule has 63 heavy (non-hydrogen) atoms. The largest absolute Gasteiger partial charge is 0.480 e. The molecule has 1 aliphatic rings. The van der Waals surface area contributed by atoms with E-state index in [0.717, 1.165) is 32.1 Å². The van der Waals surface area contributed by atoms with Crippen molar-refractivity contribution >= 4 is 55.2 Å². The van der Waals surface area contributed by atoms with Crippen molar-refractivity contribution in [2.24, 2.45) is 5.73 Å². The Kier molecular flexibility index (Phi) is 26.2. The molecule has 5 atom stereocenters. The zero-order valence-electron chi connectivity index (χ0n) is 35.9. The summed E-state index contributed by atoms with van der Waals surface area (Å²) in [6, 6.07) is -2.50. The van der Waals surface area contributed by atoms with Crippen LogP contribution in [0.3, 0.4) is 0 Å². The first-order valence-electron chi connectivity index (χ1n) is 21.6. The number of unbranched alkanes of at least 4 members (excludes halogenated alkanes) is 13. The number of carbonyl (C=O) groups is 8. The average molecular weight is 917 g/mol. The summed E-state index contributed by atoms with van der Waals surface area (Å²) < 4.78 is 31.0. The van der Waals surface area contributed by atoms with Crippen LogP contribution >= 0.6 is 7.82 Å². The highest BCUT2D eigenvalue weighted by Gasteiger charge is 2.52. The van der Waals surface area contributed by atoms with Gasteiger partial charge in [0.15, 0.2) is 6.10 Å². The molecule has 0 spiro atoms. The van der Waals surface area contributed by atoms with Crippen molar-refractivity contribution in [2.45, 2.75) is 166 Å². The molecule has 1 aromatic heterocycles. The van der Waals surface area contributed by atoms with Gasteiger partial charge in [0.05, 0.1) is 19.3 Å². The van der Waals surface area contributed by atoms with E-state index >= 15 is 0 Å². The van der Waals surface area contributed by atoms with Crippen LogP contribution in [0.5, 0.6) is 0 Å².